The van der Waals surface area contributed by atoms with Gasteiger partial charge in [-0.15, -0.1) is 0 Å². The maximum Gasteiger partial charge on any atom is 0.124 e. The molecule has 0 aromatic heterocycles. The van der Waals surface area contributed by atoms with Crippen LogP contribution in [0.5, 0.6) is 0 Å². The Morgan fingerprint density at radius 1 is 0.613 bits per heavy atom. The Balaban J connectivity index is -0.00000392. The standard InChI is InChI=1S/C25H52N2O2.2FH/c1-5-7-8-9-10-11-12-13-14-15-16-17-18-19-20-21-23-26(22-6-2)27(24(3)28)25(4)29;;/h21,23-25,28-29H,5-20,22H2,1-4H3;2*1H. The molecule has 0 bridgehead atoms. The SMILES string of the molecule is CCCCCCCCCCCCCCCCC=CN(CCC)N(C(C)O)C(C)O.F.F. The van der Waals surface area contributed by atoms with Gasteiger partial charge in [-0.3, -0.25) is 9.41 Å². The molecular weight excluding hydrogens is 398 g/mol. The Kier molecular flexibility index (Phi) is 28.7. The molecule has 0 aromatic rings. The van der Waals surface area contributed by atoms with Crippen LogP contribution >= 0.6 is 0 Å². The number of aliphatic hydroxyl groups is 2. The van der Waals surface area contributed by atoms with Gasteiger partial charge in [0.2, 0.25) is 0 Å². The lowest BCUT2D eigenvalue weighted by molar-refractivity contribution is -0.186. The summed E-state index contributed by atoms with van der Waals surface area (Å²) in [5.74, 6) is 0. The number of aliphatic hydroxyl groups excluding tert-OH is 2. The highest BCUT2D eigenvalue weighted by molar-refractivity contribution is 4.82. The van der Waals surface area contributed by atoms with Crippen LogP contribution in [0, 0.1) is 0 Å². The molecule has 6 heteroatoms. The lowest BCUT2D eigenvalue weighted by Crippen LogP contribution is -2.50. The van der Waals surface area contributed by atoms with Crippen LogP contribution in [0.25, 0.3) is 0 Å². The normalized spacial score (nSPS) is 13.1. The minimum Gasteiger partial charge on any atom is -0.377 e. The monoisotopic (exact) mass is 452 g/mol. The predicted octanol–water partition coefficient (Wildman–Crippen LogP) is 7.28. The summed E-state index contributed by atoms with van der Waals surface area (Å²) in [4.78, 5) is 0. The van der Waals surface area contributed by atoms with Crippen molar-refractivity contribution in [1.82, 2.24) is 10.0 Å². The molecule has 2 unspecified atom stereocenters. The van der Waals surface area contributed by atoms with E-state index in [0.717, 1.165) is 19.4 Å². The average Bonchev–Trinajstić information content (AvgIpc) is 2.67. The summed E-state index contributed by atoms with van der Waals surface area (Å²) in [6, 6.07) is 0. The van der Waals surface area contributed by atoms with Crippen molar-refractivity contribution < 1.29 is 19.6 Å². The van der Waals surface area contributed by atoms with E-state index in [4.69, 9.17) is 0 Å². The number of hydrazine groups is 1. The van der Waals surface area contributed by atoms with E-state index in [2.05, 4.69) is 19.9 Å². The second-order valence-corrected chi connectivity index (χ2v) is 8.58. The number of unbranched alkanes of at least 4 members (excludes halogenated alkanes) is 14. The first-order chi connectivity index (χ1) is 14.0. The number of halogens is 2. The quantitative estimate of drug-likeness (QED) is 0.109. The fraction of sp³-hybridized carbons (Fsp3) is 0.920. The van der Waals surface area contributed by atoms with Crippen molar-refractivity contribution in [2.45, 2.75) is 143 Å². The lowest BCUT2D eigenvalue weighted by atomic mass is 10.0. The number of hydrogen-bond acceptors (Lipinski definition) is 4. The molecule has 0 saturated heterocycles. The fourth-order valence-electron chi connectivity index (χ4n) is 3.89. The van der Waals surface area contributed by atoms with Crippen molar-refractivity contribution in [3.05, 3.63) is 12.3 Å². The third-order valence-electron chi connectivity index (χ3n) is 5.52. The topological polar surface area (TPSA) is 46.9 Å². The van der Waals surface area contributed by atoms with E-state index in [1.165, 1.54) is 89.9 Å². The lowest BCUT2D eigenvalue weighted by Gasteiger charge is -2.38. The highest BCUT2D eigenvalue weighted by Gasteiger charge is 2.20. The largest absolute Gasteiger partial charge is 0.377 e. The summed E-state index contributed by atoms with van der Waals surface area (Å²) in [6.07, 6.45) is 24.2. The third kappa shape index (κ3) is 20.9. The second kappa shape index (κ2) is 25.5. The van der Waals surface area contributed by atoms with Crippen molar-refractivity contribution in [3.63, 3.8) is 0 Å². The molecule has 0 amide bonds. The van der Waals surface area contributed by atoms with Crippen molar-refractivity contribution in [2.24, 2.45) is 0 Å². The number of rotatable bonds is 21. The average molecular weight is 453 g/mol. The van der Waals surface area contributed by atoms with Crippen LogP contribution < -0.4 is 0 Å². The number of nitrogens with zero attached hydrogens (tertiary/aromatic N) is 2. The smallest absolute Gasteiger partial charge is 0.124 e. The fourth-order valence-corrected chi connectivity index (χ4v) is 3.89. The highest BCUT2D eigenvalue weighted by Crippen LogP contribution is 2.14. The van der Waals surface area contributed by atoms with Crippen LogP contribution in [0.2, 0.25) is 0 Å². The van der Waals surface area contributed by atoms with Crippen LogP contribution in [0.1, 0.15) is 130 Å². The van der Waals surface area contributed by atoms with E-state index >= 15 is 0 Å². The maximum absolute atomic E-state index is 9.90. The zero-order valence-electron chi connectivity index (χ0n) is 20.9. The van der Waals surface area contributed by atoms with Crippen molar-refractivity contribution in [2.75, 3.05) is 6.54 Å². The molecule has 0 aliphatic heterocycles. The third-order valence-corrected chi connectivity index (χ3v) is 5.52. The van der Waals surface area contributed by atoms with Gasteiger partial charge in [0, 0.05) is 12.7 Å². The molecule has 0 aliphatic rings. The van der Waals surface area contributed by atoms with Crippen LogP contribution in [0.3, 0.4) is 0 Å². The Labute approximate surface area is 191 Å². The van der Waals surface area contributed by atoms with Gasteiger partial charge < -0.3 is 15.2 Å². The second-order valence-electron chi connectivity index (χ2n) is 8.58. The molecule has 190 valence electrons. The van der Waals surface area contributed by atoms with Crippen LogP contribution in [-0.4, -0.2) is 39.2 Å². The van der Waals surface area contributed by atoms with Crippen LogP contribution in [0.15, 0.2) is 12.3 Å². The highest BCUT2D eigenvalue weighted by atomic mass is 19.0. The number of hydrogen-bond donors (Lipinski definition) is 2. The molecule has 2 atom stereocenters. The first-order valence-corrected chi connectivity index (χ1v) is 12.6. The molecule has 0 aromatic carbocycles. The van der Waals surface area contributed by atoms with E-state index in [9.17, 15) is 10.2 Å². The minimum absolute atomic E-state index is 0. The molecule has 0 radical (unpaired) electrons. The molecule has 31 heavy (non-hydrogen) atoms. The van der Waals surface area contributed by atoms with E-state index in [-0.39, 0.29) is 9.41 Å². The first kappa shape index (κ1) is 34.9. The van der Waals surface area contributed by atoms with E-state index in [1.54, 1.807) is 18.9 Å². The zero-order chi connectivity index (χ0) is 21.7. The van der Waals surface area contributed by atoms with Gasteiger partial charge in [0.05, 0.1) is 0 Å². The van der Waals surface area contributed by atoms with Gasteiger partial charge in [-0.05, 0) is 33.1 Å². The summed E-state index contributed by atoms with van der Waals surface area (Å²) < 4.78 is 0. The Bertz CT molecular complexity index is 361. The molecule has 4 nitrogen and oxygen atoms in total. The minimum atomic E-state index is -0.702. The summed E-state index contributed by atoms with van der Waals surface area (Å²) in [5, 5.41) is 23.4. The summed E-state index contributed by atoms with van der Waals surface area (Å²) >= 11 is 0. The Morgan fingerprint density at radius 3 is 1.35 bits per heavy atom. The van der Waals surface area contributed by atoms with Gasteiger partial charge in [-0.1, -0.05) is 103 Å². The molecule has 0 rings (SSSR count). The molecule has 0 spiro atoms. The van der Waals surface area contributed by atoms with Crippen LogP contribution in [-0.2, 0) is 0 Å². The summed E-state index contributed by atoms with van der Waals surface area (Å²) in [7, 11) is 0. The molecule has 0 saturated carbocycles. The van der Waals surface area contributed by atoms with E-state index in [1.807, 2.05) is 11.2 Å². The van der Waals surface area contributed by atoms with Gasteiger partial charge in [0.25, 0.3) is 0 Å². The van der Waals surface area contributed by atoms with Gasteiger partial charge in [0.15, 0.2) is 0 Å². The molecule has 2 N–H and O–H groups in total. The maximum atomic E-state index is 9.90. The van der Waals surface area contributed by atoms with Crippen molar-refractivity contribution >= 4 is 0 Å². The van der Waals surface area contributed by atoms with Gasteiger partial charge >= 0.3 is 0 Å². The summed E-state index contributed by atoms with van der Waals surface area (Å²) in [5.41, 5.74) is 0. The van der Waals surface area contributed by atoms with E-state index < -0.39 is 12.5 Å². The van der Waals surface area contributed by atoms with Crippen molar-refractivity contribution in [3.8, 4) is 0 Å². The van der Waals surface area contributed by atoms with Crippen LogP contribution in [0.4, 0.5) is 9.41 Å². The van der Waals surface area contributed by atoms with E-state index in [0.29, 0.717) is 0 Å². The molecule has 0 fully saturated rings. The zero-order valence-corrected chi connectivity index (χ0v) is 20.9. The first-order valence-electron chi connectivity index (χ1n) is 12.6. The molecule has 0 heterocycles. The van der Waals surface area contributed by atoms with Gasteiger partial charge in [-0.25, -0.2) is 0 Å². The summed E-state index contributed by atoms with van der Waals surface area (Å²) in [6.45, 7) is 8.57. The Hall–Kier alpha value is -0.720. The van der Waals surface area contributed by atoms with Gasteiger partial charge in [-0.2, -0.15) is 5.01 Å². The molecular formula is C25H54F2N2O2. The van der Waals surface area contributed by atoms with Crippen molar-refractivity contribution in [1.29, 1.82) is 0 Å². The molecule has 0 aliphatic carbocycles. The Morgan fingerprint density at radius 2 is 1.00 bits per heavy atom. The number of allylic oxidation sites excluding steroid dienone is 1. The van der Waals surface area contributed by atoms with Gasteiger partial charge in [0.1, 0.15) is 12.5 Å². The predicted molar refractivity (Wildman–Crippen MR) is 131 cm³/mol.